The van der Waals surface area contributed by atoms with Crippen LogP contribution in [0.2, 0.25) is 0 Å². The summed E-state index contributed by atoms with van der Waals surface area (Å²) in [6.45, 7) is 4.87. The van der Waals surface area contributed by atoms with Crippen molar-refractivity contribution in [3.63, 3.8) is 0 Å². The van der Waals surface area contributed by atoms with E-state index in [0.717, 1.165) is 11.4 Å². The molecule has 1 saturated heterocycles. The normalized spacial score (nSPS) is 17.4. The van der Waals surface area contributed by atoms with Crippen molar-refractivity contribution in [1.82, 2.24) is 14.9 Å². The minimum absolute atomic E-state index is 0.199. The van der Waals surface area contributed by atoms with E-state index in [2.05, 4.69) is 9.97 Å². The Bertz CT molecular complexity index is 777. The highest BCUT2D eigenvalue weighted by molar-refractivity contribution is 5.97. The number of benzene rings is 1. The number of carbonyl (C=O) groups is 1. The maximum Gasteiger partial charge on any atom is 0.257 e. The predicted octanol–water partition coefficient (Wildman–Crippen LogP) is 2.45. The summed E-state index contributed by atoms with van der Waals surface area (Å²) in [5.41, 5.74) is 1.90. The zero-order valence-electron chi connectivity index (χ0n) is 14.5. The van der Waals surface area contributed by atoms with Gasteiger partial charge in [-0.2, -0.15) is 0 Å². The zero-order valence-corrected chi connectivity index (χ0v) is 14.5. The minimum Gasteiger partial charge on any atom is -0.496 e. The lowest BCUT2D eigenvalue weighted by Crippen LogP contribution is -2.42. The molecule has 3 rings (SSSR count). The summed E-state index contributed by atoms with van der Waals surface area (Å²) in [4.78, 5) is 23.3. The molecule has 0 unspecified atom stereocenters. The van der Waals surface area contributed by atoms with E-state index in [4.69, 9.17) is 9.47 Å². The molecule has 1 aromatic carbocycles. The first-order valence-electron chi connectivity index (χ1n) is 8.04. The molecule has 6 nitrogen and oxygen atoms in total. The average molecular weight is 345 g/mol. The van der Waals surface area contributed by atoms with Crippen molar-refractivity contribution >= 4 is 5.91 Å². The first kappa shape index (κ1) is 17.3. The van der Waals surface area contributed by atoms with Crippen LogP contribution in [0.15, 0.2) is 24.3 Å². The third kappa shape index (κ3) is 3.76. The number of aromatic nitrogens is 2. The van der Waals surface area contributed by atoms with Crippen LogP contribution in [0, 0.1) is 19.7 Å². The summed E-state index contributed by atoms with van der Waals surface area (Å²) in [5.74, 6) is 0.124. The lowest BCUT2D eigenvalue weighted by atomic mass is 10.1. The molecule has 0 radical (unpaired) electrons. The second kappa shape index (κ2) is 7.14. The Morgan fingerprint density at radius 1 is 1.28 bits per heavy atom. The van der Waals surface area contributed by atoms with Crippen LogP contribution in [0.5, 0.6) is 5.75 Å². The molecule has 7 heteroatoms. The maximum absolute atomic E-state index is 13.6. The summed E-state index contributed by atoms with van der Waals surface area (Å²) in [6, 6.07) is 5.79. The highest BCUT2D eigenvalue weighted by Crippen LogP contribution is 2.25. The van der Waals surface area contributed by atoms with Gasteiger partial charge in [0.15, 0.2) is 5.82 Å². The van der Waals surface area contributed by atoms with Gasteiger partial charge < -0.3 is 14.4 Å². The van der Waals surface area contributed by atoms with E-state index in [-0.39, 0.29) is 11.5 Å². The Hall–Kier alpha value is -2.54. The van der Waals surface area contributed by atoms with Crippen molar-refractivity contribution < 1.29 is 18.7 Å². The van der Waals surface area contributed by atoms with Crippen molar-refractivity contribution in [2.45, 2.75) is 20.0 Å². The van der Waals surface area contributed by atoms with Gasteiger partial charge in [-0.3, -0.25) is 4.79 Å². The molecule has 1 aliphatic rings. The van der Waals surface area contributed by atoms with Crippen LogP contribution in [0.4, 0.5) is 4.39 Å². The standard InChI is InChI=1S/C18H20FN3O3/c1-11-8-12(2)21-17(20-11)16-10-22(6-7-25-16)18(23)14-9-13(19)4-5-15(14)24-3/h4-5,8-9,16H,6-7,10H2,1-3H3/t16-/m1/s1. The molecular formula is C18H20FN3O3. The van der Waals surface area contributed by atoms with Crippen molar-refractivity contribution in [2.75, 3.05) is 26.8 Å². The first-order chi connectivity index (χ1) is 12.0. The van der Waals surface area contributed by atoms with Crippen molar-refractivity contribution in [1.29, 1.82) is 0 Å². The van der Waals surface area contributed by atoms with Crippen LogP contribution in [0.25, 0.3) is 0 Å². The van der Waals surface area contributed by atoms with Crippen LogP contribution in [0.3, 0.4) is 0 Å². The largest absolute Gasteiger partial charge is 0.496 e. The van der Waals surface area contributed by atoms with Crippen molar-refractivity contribution in [3.05, 3.63) is 52.9 Å². The van der Waals surface area contributed by atoms with E-state index < -0.39 is 11.9 Å². The van der Waals surface area contributed by atoms with Gasteiger partial charge in [0, 0.05) is 17.9 Å². The fourth-order valence-electron chi connectivity index (χ4n) is 2.90. The molecule has 0 N–H and O–H groups in total. The summed E-state index contributed by atoms with van der Waals surface area (Å²) in [5, 5.41) is 0. The second-order valence-corrected chi connectivity index (χ2v) is 5.96. The zero-order chi connectivity index (χ0) is 18.0. The maximum atomic E-state index is 13.6. The highest BCUT2D eigenvalue weighted by atomic mass is 19.1. The number of hydrogen-bond donors (Lipinski definition) is 0. The number of rotatable bonds is 3. The fraction of sp³-hybridized carbons (Fsp3) is 0.389. The average Bonchev–Trinajstić information content (AvgIpc) is 2.60. The van der Waals surface area contributed by atoms with Crippen LogP contribution >= 0.6 is 0 Å². The van der Waals surface area contributed by atoms with Gasteiger partial charge in [-0.25, -0.2) is 14.4 Å². The van der Waals surface area contributed by atoms with Crippen LogP contribution in [0.1, 0.15) is 33.7 Å². The molecule has 1 aliphatic heterocycles. The number of amides is 1. The van der Waals surface area contributed by atoms with Crippen molar-refractivity contribution in [3.8, 4) is 5.75 Å². The van der Waals surface area contributed by atoms with E-state index >= 15 is 0 Å². The number of methoxy groups -OCH3 is 1. The van der Waals surface area contributed by atoms with Gasteiger partial charge in [0.1, 0.15) is 17.7 Å². The molecule has 0 bridgehead atoms. The number of morpholine rings is 1. The smallest absolute Gasteiger partial charge is 0.257 e. The number of aryl methyl sites for hydroxylation is 2. The van der Waals surface area contributed by atoms with E-state index in [9.17, 15) is 9.18 Å². The number of carbonyl (C=O) groups excluding carboxylic acids is 1. The number of nitrogens with zero attached hydrogens (tertiary/aromatic N) is 3. The first-order valence-corrected chi connectivity index (χ1v) is 8.04. The summed E-state index contributed by atoms with van der Waals surface area (Å²) in [7, 11) is 1.45. The molecule has 1 fully saturated rings. The van der Waals surface area contributed by atoms with E-state index in [1.54, 1.807) is 4.90 Å². The number of halogens is 1. The Kier molecular flexibility index (Phi) is 4.94. The Morgan fingerprint density at radius 2 is 2.00 bits per heavy atom. The third-order valence-corrected chi connectivity index (χ3v) is 4.03. The molecule has 1 aromatic heterocycles. The molecule has 1 atom stereocenters. The molecule has 0 spiro atoms. The van der Waals surface area contributed by atoms with E-state index in [1.807, 2.05) is 19.9 Å². The third-order valence-electron chi connectivity index (χ3n) is 4.03. The van der Waals surface area contributed by atoms with Gasteiger partial charge in [0.05, 0.1) is 25.8 Å². The molecule has 25 heavy (non-hydrogen) atoms. The summed E-state index contributed by atoms with van der Waals surface area (Å²) in [6.07, 6.45) is -0.407. The Balaban J connectivity index is 1.84. The molecule has 0 aliphatic carbocycles. The molecular weight excluding hydrogens is 325 g/mol. The van der Waals surface area contributed by atoms with Gasteiger partial charge in [-0.1, -0.05) is 0 Å². The van der Waals surface area contributed by atoms with Gasteiger partial charge in [-0.05, 0) is 38.1 Å². The number of ether oxygens (including phenoxy) is 2. The Labute approximate surface area is 145 Å². The Morgan fingerprint density at radius 3 is 2.68 bits per heavy atom. The topological polar surface area (TPSA) is 64.5 Å². The molecule has 0 saturated carbocycles. The molecule has 2 heterocycles. The van der Waals surface area contributed by atoms with Gasteiger partial charge in [0.2, 0.25) is 0 Å². The highest BCUT2D eigenvalue weighted by Gasteiger charge is 2.29. The molecule has 1 amide bonds. The summed E-state index contributed by atoms with van der Waals surface area (Å²) < 4.78 is 24.5. The van der Waals surface area contributed by atoms with Gasteiger partial charge in [0.25, 0.3) is 5.91 Å². The monoisotopic (exact) mass is 345 g/mol. The molecule has 132 valence electrons. The minimum atomic E-state index is -0.480. The quantitative estimate of drug-likeness (QED) is 0.855. The lowest BCUT2D eigenvalue weighted by Gasteiger charge is -2.32. The predicted molar refractivity (Wildman–Crippen MR) is 89.1 cm³/mol. The van der Waals surface area contributed by atoms with Crippen LogP contribution in [-0.2, 0) is 4.74 Å². The summed E-state index contributed by atoms with van der Waals surface area (Å²) >= 11 is 0. The second-order valence-electron chi connectivity index (χ2n) is 5.96. The van der Waals surface area contributed by atoms with E-state index in [1.165, 1.54) is 25.3 Å². The molecule has 2 aromatic rings. The SMILES string of the molecule is COc1ccc(F)cc1C(=O)N1CCO[C@@H](c2nc(C)cc(C)n2)C1. The van der Waals surface area contributed by atoms with Gasteiger partial charge in [-0.15, -0.1) is 0 Å². The van der Waals surface area contributed by atoms with Gasteiger partial charge >= 0.3 is 0 Å². The lowest BCUT2D eigenvalue weighted by molar-refractivity contribution is -0.0270. The van der Waals surface area contributed by atoms with E-state index in [0.29, 0.717) is 31.3 Å². The number of hydrogen-bond acceptors (Lipinski definition) is 5. The van der Waals surface area contributed by atoms with Crippen LogP contribution < -0.4 is 4.74 Å². The fourth-order valence-corrected chi connectivity index (χ4v) is 2.90. The van der Waals surface area contributed by atoms with Crippen molar-refractivity contribution in [2.24, 2.45) is 0 Å². The van der Waals surface area contributed by atoms with Crippen LogP contribution in [-0.4, -0.2) is 47.6 Å².